The number of benzene rings is 2. The standard InChI is InChI=1S/C15H13BrClNO/c1-9-7-11(16)8-10(2)14(9)18-15(19)12-5-3-4-6-13(12)17/h3-8H,1-2H3,(H,18,19). The second-order valence-electron chi connectivity index (χ2n) is 4.35. The molecule has 1 amide bonds. The van der Waals surface area contributed by atoms with Crippen molar-refractivity contribution in [1.29, 1.82) is 0 Å². The first-order valence-electron chi connectivity index (χ1n) is 5.81. The summed E-state index contributed by atoms with van der Waals surface area (Å²) in [5.41, 5.74) is 3.32. The number of halogens is 2. The monoisotopic (exact) mass is 337 g/mol. The third-order valence-corrected chi connectivity index (χ3v) is 3.64. The molecule has 0 saturated heterocycles. The predicted molar refractivity (Wildman–Crippen MR) is 83.0 cm³/mol. The summed E-state index contributed by atoms with van der Waals surface area (Å²) in [5, 5.41) is 3.37. The molecule has 0 bridgehead atoms. The fourth-order valence-electron chi connectivity index (χ4n) is 1.93. The molecule has 2 nitrogen and oxygen atoms in total. The minimum atomic E-state index is -0.195. The first-order chi connectivity index (χ1) is 8.99. The fraction of sp³-hybridized carbons (Fsp3) is 0.133. The second kappa shape index (κ2) is 5.76. The van der Waals surface area contributed by atoms with Gasteiger partial charge in [-0.15, -0.1) is 0 Å². The van der Waals surface area contributed by atoms with E-state index in [9.17, 15) is 4.79 Å². The Morgan fingerprint density at radius 1 is 1.16 bits per heavy atom. The van der Waals surface area contributed by atoms with Gasteiger partial charge in [0, 0.05) is 10.2 Å². The van der Waals surface area contributed by atoms with Crippen LogP contribution in [0.5, 0.6) is 0 Å². The zero-order valence-corrected chi connectivity index (χ0v) is 13.0. The number of carbonyl (C=O) groups is 1. The molecule has 0 atom stereocenters. The van der Waals surface area contributed by atoms with E-state index in [-0.39, 0.29) is 5.91 Å². The van der Waals surface area contributed by atoms with Gasteiger partial charge in [0.05, 0.1) is 10.6 Å². The summed E-state index contributed by atoms with van der Waals surface area (Å²) in [6, 6.07) is 10.9. The molecule has 0 saturated carbocycles. The molecule has 2 aromatic carbocycles. The highest BCUT2D eigenvalue weighted by atomic mass is 79.9. The van der Waals surface area contributed by atoms with Gasteiger partial charge in [-0.1, -0.05) is 39.7 Å². The minimum absolute atomic E-state index is 0.195. The highest BCUT2D eigenvalue weighted by molar-refractivity contribution is 9.10. The van der Waals surface area contributed by atoms with E-state index in [1.54, 1.807) is 24.3 Å². The first kappa shape index (κ1) is 14.1. The molecule has 0 aliphatic carbocycles. The van der Waals surface area contributed by atoms with Crippen LogP contribution in [0.1, 0.15) is 21.5 Å². The summed E-state index contributed by atoms with van der Waals surface area (Å²) in [4.78, 5) is 12.2. The van der Waals surface area contributed by atoms with Crippen LogP contribution in [0.4, 0.5) is 5.69 Å². The van der Waals surface area contributed by atoms with E-state index in [2.05, 4.69) is 21.2 Å². The number of hydrogen-bond donors (Lipinski definition) is 1. The molecule has 0 spiro atoms. The maximum absolute atomic E-state index is 12.2. The Kier molecular flexibility index (Phi) is 4.27. The SMILES string of the molecule is Cc1cc(Br)cc(C)c1NC(=O)c1ccccc1Cl. The van der Waals surface area contributed by atoms with Gasteiger partial charge in [-0.05, 0) is 49.2 Å². The van der Waals surface area contributed by atoms with Crippen LogP contribution in [-0.2, 0) is 0 Å². The summed E-state index contributed by atoms with van der Waals surface area (Å²) in [5.74, 6) is -0.195. The molecule has 2 aromatic rings. The lowest BCUT2D eigenvalue weighted by Crippen LogP contribution is -2.14. The summed E-state index contributed by atoms with van der Waals surface area (Å²) in [7, 11) is 0. The number of amides is 1. The zero-order valence-electron chi connectivity index (χ0n) is 10.6. The van der Waals surface area contributed by atoms with Gasteiger partial charge in [-0.3, -0.25) is 4.79 Å². The third-order valence-electron chi connectivity index (χ3n) is 2.85. The fourth-order valence-corrected chi connectivity index (χ4v) is 2.84. The molecule has 0 aliphatic rings. The molecular formula is C15H13BrClNO. The van der Waals surface area contributed by atoms with E-state index in [1.165, 1.54) is 0 Å². The summed E-state index contributed by atoms with van der Waals surface area (Å²) in [6.07, 6.45) is 0. The summed E-state index contributed by atoms with van der Waals surface area (Å²) >= 11 is 9.46. The highest BCUT2D eigenvalue weighted by Gasteiger charge is 2.12. The molecule has 0 unspecified atom stereocenters. The minimum Gasteiger partial charge on any atom is -0.321 e. The molecule has 2 rings (SSSR count). The van der Waals surface area contributed by atoms with Crippen LogP contribution in [0, 0.1) is 13.8 Å². The molecule has 0 radical (unpaired) electrons. The van der Waals surface area contributed by atoms with E-state index in [1.807, 2.05) is 26.0 Å². The Labute approximate surface area is 125 Å². The lowest BCUT2D eigenvalue weighted by Gasteiger charge is -2.13. The Hall–Kier alpha value is -1.32. The normalized spacial score (nSPS) is 10.3. The molecule has 0 fully saturated rings. The number of anilines is 1. The van der Waals surface area contributed by atoms with Crippen LogP contribution < -0.4 is 5.32 Å². The first-order valence-corrected chi connectivity index (χ1v) is 6.99. The average molecular weight is 339 g/mol. The predicted octanol–water partition coefficient (Wildman–Crippen LogP) is 4.97. The molecule has 19 heavy (non-hydrogen) atoms. The van der Waals surface area contributed by atoms with Crippen molar-refractivity contribution in [3.05, 3.63) is 62.6 Å². The number of hydrogen-bond acceptors (Lipinski definition) is 1. The van der Waals surface area contributed by atoms with Crippen LogP contribution in [0.2, 0.25) is 5.02 Å². The lowest BCUT2D eigenvalue weighted by molar-refractivity contribution is 0.102. The number of carbonyl (C=O) groups excluding carboxylic acids is 1. The topological polar surface area (TPSA) is 29.1 Å². The Balaban J connectivity index is 2.32. The van der Waals surface area contributed by atoms with Crippen molar-refractivity contribution >= 4 is 39.1 Å². The van der Waals surface area contributed by atoms with Gasteiger partial charge in [0.1, 0.15) is 0 Å². The molecule has 0 heterocycles. The van der Waals surface area contributed by atoms with Crippen molar-refractivity contribution < 1.29 is 4.79 Å². The van der Waals surface area contributed by atoms with Crippen molar-refractivity contribution in [3.8, 4) is 0 Å². The second-order valence-corrected chi connectivity index (χ2v) is 5.67. The van der Waals surface area contributed by atoms with Crippen LogP contribution >= 0.6 is 27.5 Å². The molecule has 4 heteroatoms. The maximum Gasteiger partial charge on any atom is 0.257 e. The molecular weight excluding hydrogens is 326 g/mol. The van der Waals surface area contributed by atoms with Crippen LogP contribution in [-0.4, -0.2) is 5.91 Å². The smallest absolute Gasteiger partial charge is 0.257 e. The van der Waals surface area contributed by atoms with E-state index in [4.69, 9.17) is 11.6 Å². The van der Waals surface area contributed by atoms with Gasteiger partial charge in [0.2, 0.25) is 0 Å². The zero-order chi connectivity index (χ0) is 14.0. The third kappa shape index (κ3) is 3.17. The van der Waals surface area contributed by atoms with Gasteiger partial charge in [-0.2, -0.15) is 0 Å². The van der Waals surface area contributed by atoms with Crippen molar-refractivity contribution in [1.82, 2.24) is 0 Å². The van der Waals surface area contributed by atoms with Crippen molar-refractivity contribution in [2.24, 2.45) is 0 Å². The Morgan fingerprint density at radius 2 is 1.74 bits per heavy atom. The molecule has 98 valence electrons. The van der Waals surface area contributed by atoms with Gasteiger partial charge in [-0.25, -0.2) is 0 Å². The van der Waals surface area contributed by atoms with Gasteiger partial charge < -0.3 is 5.32 Å². The Bertz CT molecular complexity index is 617. The summed E-state index contributed by atoms with van der Waals surface area (Å²) in [6.45, 7) is 3.92. The van der Waals surface area contributed by atoms with E-state index in [0.717, 1.165) is 21.3 Å². The number of nitrogens with one attached hydrogen (secondary N) is 1. The van der Waals surface area contributed by atoms with E-state index < -0.39 is 0 Å². The quantitative estimate of drug-likeness (QED) is 0.823. The van der Waals surface area contributed by atoms with Crippen LogP contribution in [0.3, 0.4) is 0 Å². The van der Waals surface area contributed by atoms with Gasteiger partial charge in [0.25, 0.3) is 5.91 Å². The van der Waals surface area contributed by atoms with Crippen molar-refractivity contribution in [2.75, 3.05) is 5.32 Å². The lowest BCUT2D eigenvalue weighted by atomic mass is 10.1. The number of rotatable bonds is 2. The highest BCUT2D eigenvalue weighted by Crippen LogP contribution is 2.26. The largest absolute Gasteiger partial charge is 0.321 e. The van der Waals surface area contributed by atoms with E-state index >= 15 is 0 Å². The van der Waals surface area contributed by atoms with Crippen LogP contribution in [0.25, 0.3) is 0 Å². The summed E-state index contributed by atoms with van der Waals surface area (Å²) < 4.78 is 0.998. The van der Waals surface area contributed by atoms with Crippen LogP contribution in [0.15, 0.2) is 40.9 Å². The van der Waals surface area contributed by atoms with E-state index in [0.29, 0.717) is 10.6 Å². The maximum atomic E-state index is 12.2. The van der Waals surface area contributed by atoms with Crippen molar-refractivity contribution in [2.45, 2.75) is 13.8 Å². The molecule has 0 aromatic heterocycles. The number of aryl methyl sites for hydroxylation is 2. The van der Waals surface area contributed by atoms with Crippen molar-refractivity contribution in [3.63, 3.8) is 0 Å². The van der Waals surface area contributed by atoms with Gasteiger partial charge in [0.15, 0.2) is 0 Å². The Morgan fingerprint density at radius 3 is 2.32 bits per heavy atom. The molecule has 0 aliphatic heterocycles. The molecule has 1 N–H and O–H groups in total. The average Bonchev–Trinajstić information content (AvgIpc) is 2.34. The van der Waals surface area contributed by atoms with Gasteiger partial charge >= 0.3 is 0 Å².